The van der Waals surface area contributed by atoms with E-state index in [1.54, 1.807) is 0 Å². The summed E-state index contributed by atoms with van der Waals surface area (Å²) >= 11 is 0. The van der Waals surface area contributed by atoms with Gasteiger partial charge in [-0.05, 0) is 12.1 Å². The Balaban J connectivity index is 2.95. The smallest absolute Gasteiger partial charge is 0.330 e. The van der Waals surface area contributed by atoms with E-state index in [9.17, 15) is 22.8 Å². The van der Waals surface area contributed by atoms with E-state index < -0.39 is 47.5 Å². The van der Waals surface area contributed by atoms with Gasteiger partial charge in [-0.3, -0.25) is 4.79 Å². The predicted octanol–water partition coefficient (Wildman–Crippen LogP) is 0.368. The first-order valence-electron chi connectivity index (χ1n) is 5.05. The van der Waals surface area contributed by atoms with Gasteiger partial charge in [0, 0.05) is 0 Å². The summed E-state index contributed by atoms with van der Waals surface area (Å²) in [6.45, 7) is -0.788. The SMILES string of the molecule is COC(=O)C(CO)NC(=O)c1ccc(F)c(F)c1F. The molecule has 0 aliphatic carbocycles. The number of amides is 1. The fourth-order valence-corrected chi connectivity index (χ4v) is 1.26. The third-order valence-electron chi connectivity index (χ3n) is 2.25. The van der Waals surface area contributed by atoms with Crippen molar-refractivity contribution in [1.29, 1.82) is 0 Å². The highest BCUT2D eigenvalue weighted by Crippen LogP contribution is 2.15. The van der Waals surface area contributed by atoms with Crippen LogP contribution < -0.4 is 5.32 Å². The van der Waals surface area contributed by atoms with Crippen molar-refractivity contribution in [2.45, 2.75) is 6.04 Å². The lowest BCUT2D eigenvalue weighted by Gasteiger charge is -2.14. The first-order chi connectivity index (χ1) is 8.92. The van der Waals surface area contributed by atoms with Gasteiger partial charge in [-0.15, -0.1) is 0 Å². The Bertz CT molecular complexity index is 507. The summed E-state index contributed by atoms with van der Waals surface area (Å²) in [5, 5.41) is 10.8. The van der Waals surface area contributed by atoms with Crippen molar-refractivity contribution < 1.29 is 32.6 Å². The quantitative estimate of drug-likeness (QED) is 0.616. The Kier molecular flexibility index (Phi) is 4.87. The molecule has 0 fully saturated rings. The molecule has 2 N–H and O–H groups in total. The average Bonchev–Trinajstić information content (AvgIpc) is 2.41. The van der Waals surface area contributed by atoms with Crippen LogP contribution in [0.3, 0.4) is 0 Å². The number of esters is 1. The van der Waals surface area contributed by atoms with Crippen molar-refractivity contribution in [3.05, 3.63) is 35.1 Å². The molecule has 1 aromatic rings. The molecule has 5 nitrogen and oxygen atoms in total. The number of carbonyl (C=O) groups is 2. The molecule has 0 heterocycles. The number of rotatable bonds is 4. The number of aliphatic hydroxyl groups excluding tert-OH is 1. The lowest BCUT2D eigenvalue weighted by molar-refractivity contribution is -0.143. The number of ether oxygens (including phenoxy) is 1. The number of nitrogens with one attached hydrogen (secondary N) is 1. The van der Waals surface area contributed by atoms with E-state index in [-0.39, 0.29) is 0 Å². The standard InChI is InChI=1S/C11H10F3NO4/c1-19-11(18)7(4-16)15-10(17)5-2-3-6(12)9(14)8(5)13/h2-3,7,16H,4H2,1H3,(H,15,17). The highest BCUT2D eigenvalue weighted by atomic mass is 19.2. The number of methoxy groups -OCH3 is 1. The van der Waals surface area contributed by atoms with Crippen LogP contribution in [-0.2, 0) is 9.53 Å². The molecule has 0 spiro atoms. The van der Waals surface area contributed by atoms with Gasteiger partial charge in [0.05, 0.1) is 19.3 Å². The summed E-state index contributed by atoms with van der Waals surface area (Å²) in [5.74, 6) is -7.06. The summed E-state index contributed by atoms with van der Waals surface area (Å²) < 4.78 is 43.2. The Morgan fingerprint density at radius 2 is 1.95 bits per heavy atom. The fourth-order valence-electron chi connectivity index (χ4n) is 1.26. The maximum Gasteiger partial charge on any atom is 0.330 e. The van der Waals surface area contributed by atoms with Crippen LogP contribution in [-0.4, -0.2) is 36.7 Å². The fraction of sp³-hybridized carbons (Fsp3) is 0.273. The van der Waals surface area contributed by atoms with Gasteiger partial charge in [0.1, 0.15) is 0 Å². The summed E-state index contributed by atoms with van der Waals surface area (Å²) in [5.41, 5.74) is -0.791. The minimum absolute atomic E-state index is 0.569. The number of halogens is 3. The minimum Gasteiger partial charge on any atom is -0.467 e. The van der Waals surface area contributed by atoms with Gasteiger partial charge < -0.3 is 15.2 Å². The predicted molar refractivity (Wildman–Crippen MR) is 56.7 cm³/mol. The molecule has 1 rings (SSSR count). The highest BCUT2D eigenvalue weighted by molar-refractivity contribution is 5.97. The highest BCUT2D eigenvalue weighted by Gasteiger charge is 2.24. The number of aliphatic hydroxyl groups is 1. The van der Waals surface area contributed by atoms with E-state index in [1.807, 2.05) is 5.32 Å². The molecule has 104 valence electrons. The normalized spacial score (nSPS) is 11.8. The Labute approximate surface area is 106 Å². The van der Waals surface area contributed by atoms with Crippen LogP contribution in [0.1, 0.15) is 10.4 Å². The van der Waals surface area contributed by atoms with Crippen LogP contribution in [0.15, 0.2) is 12.1 Å². The second-order valence-corrected chi connectivity index (χ2v) is 3.45. The van der Waals surface area contributed by atoms with Crippen LogP contribution in [0, 0.1) is 17.5 Å². The van der Waals surface area contributed by atoms with Crippen LogP contribution in [0.25, 0.3) is 0 Å². The second kappa shape index (κ2) is 6.19. The number of hydrogen-bond donors (Lipinski definition) is 2. The topological polar surface area (TPSA) is 75.6 Å². The lowest BCUT2D eigenvalue weighted by Crippen LogP contribution is -2.44. The first kappa shape index (κ1) is 15.0. The van der Waals surface area contributed by atoms with Crippen molar-refractivity contribution >= 4 is 11.9 Å². The maximum atomic E-state index is 13.3. The molecule has 0 aliphatic heterocycles. The van der Waals surface area contributed by atoms with Gasteiger partial charge in [-0.2, -0.15) is 0 Å². The largest absolute Gasteiger partial charge is 0.467 e. The number of hydrogen-bond acceptors (Lipinski definition) is 4. The van der Waals surface area contributed by atoms with Crippen LogP contribution in [0.4, 0.5) is 13.2 Å². The van der Waals surface area contributed by atoms with Crippen molar-refractivity contribution in [2.75, 3.05) is 13.7 Å². The maximum absolute atomic E-state index is 13.3. The molecular weight excluding hydrogens is 267 g/mol. The second-order valence-electron chi connectivity index (χ2n) is 3.45. The molecule has 0 bridgehead atoms. The molecule has 0 saturated carbocycles. The van der Waals surface area contributed by atoms with Gasteiger partial charge >= 0.3 is 5.97 Å². The monoisotopic (exact) mass is 277 g/mol. The molecule has 0 aromatic heterocycles. The molecule has 1 amide bonds. The Morgan fingerprint density at radius 1 is 1.32 bits per heavy atom. The number of carbonyl (C=O) groups excluding carboxylic acids is 2. The molecular formula is C11H10F3NO4. The van der Waals surface area contributed by atoms with E-state index in [0.29, 0.717) is 6.07 Å². The van der Waals surface area contributed by atoms with Crippen LogP contribution in [0.5, 0.6) is 0 Å². The molecule has 19 heavy (non-hydrogen) atoms. The van der Waals surface area contributed by atoms with E-state index in [2.05, 4.69) is 4.74 Å². The summed E-state index contributed by atoms with van der Waals surface area (Å²) in [4.78, 5) is 22.7. The zero-order valence-electron chi connectivity index (χ0n) is 9.75. The zero-order valence-corrected chi connectivity index (χ0v) is 9.75. The minimum atomic E-state index is -1.80. The summed E-state index contributed by atoms with van der Waals surface area (Å²) in [6, 6.07) is -0.140. The van der Waals surface area contributed by atoms with E-state index in [1.165, 1.54) is 0 Å². The van der Waals surface area contributed by atoms with Crippen molar-refractivity contribution in [3.8, 4) is 0 Å². The number of benzene rings is 1. The lowest BCUT2D eigenvalue weighted by atomic mass is 10.1. The Hall–Kier alpha value is -2.09. The molecule has 1 aromatic carbocycles. The molecule has 0 saturated heterocycles. The van der Waals surface area contributed by atoms with E-state index in [0.717, 1.165) is 13.2 Å². The molecule has 1 unspecified atom stereocenters. The first-order valence-corrected chi connectivity index (χ1v) is 5.05. The van der Waals surface area contributed by atoms with Gasteiger partial charge in [0.25, 0.3) is 5.91 Å². The van der Waals surface area contributed by atoms with Crippen molar-refractivity contribution in [1.82, 2.24) is 5.32 Å². The van der Waals surface area contributed by atoms with Gasteiger partial charge in [-0.25, -0.2) is 18.0 Å². The average molecular weight is 277 g/mol. The van der Waals surface area contributed by atoms with E-state index >= 15 is 0 Å². The molecule has 0 aliphatic rings. The third-order valence-corrected chi connectivity index (χ3v) is 2.25. The van der Waals surface area contributed by atoms with E-state index in [4.69, 9.17) is 5.11 Å². The van der Waals surface area contributed by atoms with Crippen LogP contribution in [0.2, 0.25) is 0 Å². The Morgan fingerprint density at radius 3 is 2.47 bits per heavy atom. The van der Waals surface area contributed by atoms with Gasteiger partial charge in [-0.1, -0.05) is 0 Å². The molecule has 8 heteroatoms. The van der Waals surface area contributed by atoms with Crippen LogP contribution >= 0.6 is 0 Å². The molecule has 0 radical (unpaired) electrons. The van der Waals surface area contributed by atoms with Gasteiger partial charge in [0.2, 0.25) is 0 Å². The van der Waals surface area contributed by atoms with Gasteiger partial charge in [0.15, 0.2) is 23.5 Å². The van der Waals surface area contributed by atoms with Crippen molar-refractivity contribution in [2.24, 2.45) is 0 Å². The summed E-state index contributed by atoms with van der Waals surface area (Å²) in [6.07, 6.45) is 0. The van der Waals surface area contributed by atoms with Crippen molar-refractivity contribution in [3.63, 3.8) is 0 Å². The third kappa shape index (κ3) is 3.22. The zero-order chi connectivity index (χ0) is 14.6. The molecule has 1 atom stereocenters. The summed E-state index contributed by atoms with van der Waals surface area (Å²) in [7, 11) is 1.02.